The van der Waals surface area contributed by atoms with Crippen molar-refractivity contribution in [2.75, 3.05) is 24.7 Å². The molecule has 0 spiro atoms. The molecule has 1 aliphatic rings. The smallest absolute Gasteiger partial charge is 0.253 e. The molecule has 0 saturated carbocycles. The van der Waals surface area contributed by atoms with Gasteiger partial charge in [0.2, 0.25) is 0 Å². The molecule has 0 N–H and O–H groups in total. The molecule has 0 radical (unpaired) electrons. The summed E-state index contributed by atoms with van der Waals surface area (Å²) in [6.07, 6.45) is 4.34. The van der Waals surface area contributed by atoms with Crippen LogP contribution in [0, 0.1) is 5.92 Å². The number of carbonyl (C=O) groups is 1. The SMILES string of the molecule is CSc1ccc(C(=O)N2CCC(CCBr)C2)cc1. The standard InChI is InChI=1S/C14H18BrNOS/c1-18-13-4-2-12(3-5-13)14(17)16-9-7-11(10-16)6-8-15/h2-5,11H,6-10H2,1H3. The van der Waals surface area contributed by atoms with E-state index in [2.05, 4.69) is 15.9 Å². The van der Waals surface area contributed by atoms with E-state index in [-0.39, 0.29) is 5.91 Å². The summed E-state index contributed by atoms with van der Waals surface area (Å²) in [6, 6.07) is 7.91. The summed E-state index contributed by atoms with van der Waals surface area (Å²) >= 11 is 5.17. The van der Waals surface area contributed by atoms with Gasteiger partial charge >= 0.3 is 0 Å². The summed E-state index contributed by atoms with van der Waals surface area (Å²) in [4.78, 5) is 15.5. The molecule has 18 heavy (non-hydrogen) atoms. The first-order valence-electron chi connectivity index (χ1n) is 6.24. The molecule has 0 aromatic heterocycles. The second-order valence-electron chi connectivity index (χ2n) is 4.61. The van der Waals surface area contributed by atoms with Crippen molar-refractivity contribution in [1.82, 2.24) is 4.90 Å². The molecular formula is C14H18BrNOS. The Kier molecular flexibility index (Phi) is 5.13. The number of thioether (sulfide) groups is 1. The van der Waals surface area contributed by atoms with E-state index in [0.717, 1.165) is 36.8 Å². The van der Waals surface area contributed by atoms with Crippen LogP contribution in [-0.2, 0) is 0 Å². The third-order valence-corrected chi connectivity index (χ3v) is 4.63. The third kappa shape index (κ3) is 3.29. The second-order valence-corrected chi connectivity index (χ2v) is 6.28. The van der Waals surface area contributed by atoms with Crippen LogP contribution in [0.5, 0.6) is 0 Å². The van der Waals surface area contributed by atoms with Gasteiger partial charge in [0.15, 0.2) is 0 Å². The molecule has 1 aromatic carbocycles. The number of hydrogen-bond acceptors (Lipinski definition) is 2. The molecule has 0 bridgehead atoms. The molecule has 1 fully saturated rings. The maximum Gasteiger partial charge on any atom is 0.253 e. The van der Waals surface area contributed by atoms with Gasteiger partial charge in [0.25, 0.3) is 5.91 Å². The minimum absolute atomic E-state index is 0.180. The van der Waals surface area contributed by atoms with E-state index in [1.165, 1.54) is 4.90 Å². The van der Waals surface area contributed by atoms with Crippen molar-refractivity contribution in [2.45, 2.75) is 17.7 Å². The number of carbonyl (C=O) groups excluding carboxylic acids is 1. The van der Waals surface area contributed by atoms with Crippen molar-refractivity contribution >= 4 is 33.6 Å². The van der Waals surface area contributed by atoms with Crippen molar-refractivity contribution in [3.63, 3.8) is 0 Å². The number of nitrogens with zero attached hydrogens (tertiary/aromatic N) is 1. The number of likely N-dealkylation sites (tertiary alicyclic amines) is 1. The van der Waals surface area contributed by atoms with E-state index in [1.807, 2.05) is 35.4 Å². The Hall–Kier alpha value is -0.480. The second kappa shape index (κ2) is 6.62. The normalized spacial score (nSPS) is 19.2. The summed E-state index contributed by atoms with van der Waals surface area (Å²) < 4.78 is 0. The fourth-order valence-electron chi connectivity index (χ4n) is 2.32. The van der Waals surface area contributed by atoms with Crippen LogP contribution in [0.4, 0.5) is 0 Å². The highest BCUT2D eigenvalue weighted by molar-refractivity contribution is 9.09. The van der Waals surface area contributed by atoms with Crippen LogP contribution in [0.15, 0.2) is 29.2 Å². The minimum atomic E-state index is 0.180. The average molecular weight is 328 g/mol. The lowest BCUT2D eigenvalue weighted by Gasteiger charge is -2.16. The number of alkyl halides is 1. The van der Waals surface area contributed by atoms with Crippen LogP contribution in [0.3, 0.4) is 0 Å². The van der Waals surface area contributed by atoms with Gasteiger partial charge in [-0.1, -0.05) is 15.9 Å². The van der Waals surface area contributed by atoms with E-state index in [0.29, 0.717) is 5.92 Å². The van der Waals surface area contributed by atoms with E-state index in [1.54, 1.807) is 11.8 Å². The van der Waals surface area contributed by atoms with Crippen LogP contribution in [0.25, 0.3) is 0 Å². The molecule has 1 unspecified atom stereocenters. The minimum Gasteiger partial charge on any atom is -0.338 e. The number of hydrogen-bond donors (Lipinski definition) is 0. The topological polar surface area (TPSA) is 20.3 Å². The Balaban J connectivity index is 1.98. The van der Waals surface area contributed by atoms with Crippen LogP contribution in [0.2, 0.25) is 0 Å². The van der Waals surface area contributed by atoms with E-state index in [4.69, 9.17) is 0 Å². The van der Waals surface area contributed by atoms with E-state index >= 15 is 0 Å². The van der Waals surface area contributed by atoms with Gasteiger partial charge in [0, 0.05) is 28.9 Å². The molecule has 2 nitrogen and oxygen atoms in total. The highest BCUT2D eigenvalue weighted by atomic mass is 79.9. The molecule has 1 amide bonds. The molecule has 4 heteroatoms. The van der Waals surface area contributed by atoms with Crippen molar-refractivity contribution < 1.29 is 4.79 Å². The lowest BCUT2D eigenvalue weighted by molar-refractivity contribution is 0.0787. The Morgan fingerprint density at radius 3 is 2.78 bits per heavy atom. The average Bonchev–Trinajstić information content (AvgIpc) is 2.87. The molecule has 1 atom stereocenters. The molecule has 0 aliphatic carbocycles. The van der Waals surface area contributed by atoms with Crippen molar-refractivity contribution in [1.29, 1.82) is 0 Å². The van der Waals surface area contributed by atoms with Gasteiger partial charge in [-0.25, -0.2) is 0 Å². The number of benzene rings is 1. The summed E-state index contributed by atoms with van der Waals surface area (Å²) in [5, 5.41) is 1.03. The van der Waals surface area contributed by atoms with Crippen LogP contribution >= 0.6 is 27.7 Å². The van der Waals surface area contributed by atoms with Crippen molar-refractivity contribution in [2.24, 2.45) is 5.92 Å². The van der Waals surface area contributed by atoms with Crippen molar-refractivity contribution in [3.8, 4) is 0 Å². The van der Waals surface area contributed by atoms with Gasteiger partial charge in [-0.05, 0) is 49.3 Å². The quantitative estimate of drug-likeness (QED) is 0.621. The fraction of sp³-hybridized carbons (Fsp3) is 0.500. The summed E-state index contributed by atoms with van der Waals surface area (Å²) in [5.74, 6) is 0.846. The molecular weight excluding hydrogens is 310 g/mol. The maximum atomic E-state index is 12.3. The molecule has 98 valence electrons. The Labute approximate surface area is 121 Å². The van der Waals surface area contributed by atoms with E-state index < -0.39 is 0 Å². The lowest BCUT2D eigenvalue weighted by atomic mass is 10.1. The molecule has 2 rings (SSSR count). The molecule has 1 saturated heterocycles. The Bertz CT molecular complexity index is 407. The monoisotopic (exact) mass is 327 g/mol. The van der Waals surface area contributed by atoms with Crippen molar-refractivity contribution in [3.05, 3.63) is 29.8 Å². The van der Waals surface area contributed by atoms with Gasteiger partial charge in [-0.15, -0.1) is 11.8 Å². The first kappa shape index (κ1) is 13.9. The highest BCUT2D eigenvalue weighted by Gasteiger charge is 2.26. The summed E-state index contributed by atoms with van der Waals surface area (Å²) in [5.41, 5.74) is 0.812. The van der Waals surface area contributed by atoms with Crippen LogP contribution < -0.4 is 0 Å². The molecule has 1 aromatic rings. The molecule has 1 heterocycles. The predicted octanol–water partition coefficient (Wildman–Crippen LogP) is 3.66. The predicted molar refractivity (Wildman–Crippen MR) is 80.6 cm³/mol. The summed E-state index contributed by atoms with van der Waals surface area (Å²) in [6.45, 7) is 1.81. The fourth-order valence-corrected chi connectivity index (χ4v) is 3.38. The zero-order valence-corrected chi connectivity index (χ0v) is 13.0. The first-order valence-corrected chi connectivity index (χ1v) is 8.58. The van der Waals surface area contributed by atoms with Gasteiger partial charge in [-0.2, -0.15) is 0 Å². The van der Waals surface area contributed by atoms with Gasteiger partial charge in [-0.3, -0.25) is 4.79 Å². The number of halogens is 1. The summed E-state index contributed by atoms with van der Waals surface area (Å²) in [7, 11) is 0. The van der Waals surface area contributed by atoms with Gasteiger partial charge < -0.3 is 4.90 Å². The van der Waals surface area contributed by atoms with Gasteiger partial charge in [0.1, 0.15) is 0 Å². The first-order chi connectivity index (χ1) is 8.74. The van der Waals surface area contributed by atoms with Crippen LogP contribution in [0.1, 0.15) is 23.2 Å². The number of rotatable bonds is 4. The Morgan fingerprint density at radius 1 is 1.44 bits per heavy atom. The zero-order valence-electron chi connectivity index (χ0n) is 10.6. The largest absolute Gasteiger partial charge is 0.338 e. The lowest BCUT2D eigenvalue weighted by Crippen LogP contribution is -2.28. The highest BCUT2D eigenvalue weighted by Crippen LogP contribution is 2.23. The molecule has 1 aliphatic heterocycles. The van der Waals surface area contributed by atoms with Gasteiger partial charge in [0.05, 0.1) is 0 Å². The zero-order chi connectivity index (χ0) is 13.0. The maximum absolute atomic E-state index is 12.3. The number of amides is 1. The third-order valence-electron chi connectivity index (χ3n) is 3.43. The van der Waals surface area contributed by atoms with Crippen LogP contribution in [-0.4, -0.2) is 35.5 Å². The Morgan fingerprint density at radius 2 is 2.17 bits per heavy atom. The van der Waals surface area contributed by atoms with E-state index in [9.17, 15) is 4.79 Å².